The van der Waals surface area contributed by atoms with Gasteiger partial charge in [0.25, 0.3) is 5.56 Å². The molecule has 0 amide bonds. The van der Waals surface area contributed by atoms with Gasteiger partial charge in [0, 0.05) is 24.5 Å². The summed E-state index contributed by atoms with van der Waals surface area (Å²) in [5.74, 6) is 1.16. The van der Waals surface area contributed by atoms with Crippen LogP contribution in [0.2, 0.25) is 0 Å². The Bertz CT molecular complexity index is 863. The quantitative estimate of drug-likeness (QED) is 0.736. The largest absolute Gasteiger partial charge is 0.360 e. The van der Waals surface area contributed by atoms with Gasteiger partial charge in [0.2, 0.25) is 0 Å². The van der Waals surface area contributed by atoms with Crippen LogP contribution < -0.4 is 5.56 Å². The lowest BCUT2D eigenvalue weighted by Gasteiger charge is -2.07. The lowest BCUT2D eigenvalue weighted by molar-refractivity contribution is 0.404. The summed E-state index contributed by atoms with van der Waals surface area (Å²) in [6.45, 7) is 2.44. The van der Waals surface area contributed by atoms with E-state index < -0.39 is 0 Å². The molecule has 0 aromatic carbocycles. The van der Waals surface area contributed by atoms with E-state index >= 15 is 0 Å². The van der Waals surface area contributed by atoms with Crippen molar-refractivity contribution in [1.82, 2.24) is 19.9 Å². The summed E-state index contributed by atoms with van der Waals surface area (Å²) >= 11 is 0. The molecule has 0 radical (unpaired) electrons. The molecule has 4 rings (SSSR count). The highest BCUT2D eigenvalue weighted by Gasteiger charge is 2.25. The Morgan fingerprint density at radius 2 is 2.29 bits per heavy atom. The zero-order valence-corrected chi connectivity index (χ0v) is 11.6. The molecular weight excluding hydrogens is 268 g/mol. The summed E-state index contributed by atoms with van der Waals surface area (Å²) in [5, 5.41) is 9.15. The van der Waals surface area contributed by atoms with Crippen LogP contribution in [0.15, 0.2) is 33.8 Å². The molecule has 0 atom stereocenters. The van der Waals surface area contributed by atoms with Gasteiger partial charge < -0.3 is 4.52 Å². The fourth-order valence-corrected chi connectivity index (χ4v) is 2.51. The van der Waals surface area contributed by atoms with Crippen molar-refractivity contribution >= 4 is 10.9 Å². The van der Waals surface area contributed by atoms with Gasteiger partial charge in [-0.1, -0.05) is 5.16 Å². The first-order valence-corrected chi connectivity index (χ1v) is 7.01. The van der Waals surface area contributed by atoms with Crippen LogP contribution in [-0.2, 0) is 6.54 Å². The summed E-state index contributed by atoms with van der Waals surface area (Å²) in [6, 6.07) is 3.77. The highest BCUT2D eigenvalue weighted by molar-refractivity contribution is 5.92. The van der Waals surface area contributed by atoms with E-state index in [1.54, 1.807) is 19.3 Å². The van der Waals surface area contributed by atoms with E-state index in [0.29, 0.717) is 34.8 Å². The SMILES string of the molecule is Cc1onc2c(=O)n(CC3CC3)nc(-c3cccnc3)c12. The molecule has 1 aliphatic rings. The summed E-state index contributed by atoms with van der Waals surface area (Å²) in [7, 11) is 0. The van der Waals surface area contributed by atoms with E-state index in [2.05, 4.69) is 15.2 Å². The fraction of sp³-hybridized carbons (Fsp3) is 0.333. The zero-order valence-electron chi connectivity index (χ0n) is 11.6. The molecule has 0 bridgehead atoms. The van der Waals surface area contributed by atoms with Gasteiger partial charge in [-0.2, -0.15) is 5.10 Å². The number of hydrogen-bond donors (Lipinski definition) is 0. The summed E-state index contributed by atoms with van der Waals surface area (Å²) in [6.07, 6.45) is 5.76. The predicted molar refractivity (Wildman–Crippen MR) is 76.8 cm³/mol. The second kappa shape index (κ2) is 4.51. The maximum absolute atomic E-state index is 12.5. The lowest BCUT2D eigenvalue weighted by Crippen LogP contribution is -2.24. The molecule has 1 saturated carbocycles. The normalized spacial score (nSPS) is 14.7. The number of rotatable bonds is 3. The van der Waals surface area contributed by atoms with Crippen LogP contribution in [0.4, 0.5) is 0 Å². The van der Waals surface area contributed by atoms with Crippen molar-refractivity contribution in [1.29, 1.82) is 0 Å². The monoisotopic (exact) mass is 282 g/mol. The van der Waals surface area contributed by atoms with E-state index in [4.69, 9.17) is 4.52 Å². The first-order chi connectivity index (χ1) is 10.2. The third-order valence-corrected chi connectivity index (χ3v) is 3.82. The van der Waals surface area contributed by atoms with Crippen LogP contribution in [-0.4, -0.2) is 19.9 Å². The Hall–Kier alpha value is -2.50. The minimum Gasteiger partial charge on any atom is -0.360 e. The van der Waals surface area contributed by atoms with Crippen LogP contribution in [0.1, 0.15) is 18.6 Å². The molecule has 0 aliphatic heterocycles. The summed E-state index contributed by atoms with van der Waals surface area (Å²) in [4.78, 5) is 16.6. The lowest BCUT2D eigenvalue weighted by atomic mass is 10.1. The zero-order chi connectivity index (χ0) is 14.4. The molecule has 6 nitrogen and oxygen atoms in total. The molecule has 3 heterocycles. The van der Waals surface area contributed by atoms with Crippen LogP contribution in [0.5, 0.6) is 0 Å². The van der Waals surface area contributed by atoms with Crippen LogP contribution in [0, 0.1) is 12.8 Å². The predicted octanol–water partition coefficient (Wildman–Crippen LogP) is 2.16. The van der Waals surface area contributed by atoms with E-state index in [0.717, 1.165) is 18.4 Å². The Kier molecular flexibility index (Phi) is 2.63. The van der Waals surface area contributed by atoms with E-state index in [1.807, 2.05) is 12.1 Å². The van der Waals surface area contributed by atoms with Crippen LogP contribution in [0.25, 0.3) is 22.2 Å². The third kappa shape index (κ3) is 2.03. The number of aromatic nitrogens is 4. The summed E-state index contributed by atoms with van der Waals surface area (Å²) < 4.78 is 6.73. The Labute approximate surface area is 120 Å². The second-order valence-electron chi connectivity index (χ2n) is 5.48. The van der Waals surface area contributed by atoms with Crippen molar-refractivity contribution in [2.45, 2.75) is 26.3 Å². The molecule has 3 aromatic heterocycles. The van der Waals surface area contributed by atoms with E-state index in [1.165, 1.54) is 4.68 Å². The van der Waals surface area contributed by atoms with Gasteiger partial charge >= 0.3 is 0 Å². The van der Waals surface area contributed by atoms with Gasteiger partial charge in [-0.25, -0.2) is 4.68 Å². The van der Waals surface area contributed by atoms with Gasteiger partial charge in [0.15, 0.2) is 5.52 Å². The van der Waals surface area contributed by atoms with Gasteiger partial charge in [0.1, 0.15) is 11.5 Å². The molecule has 106 valence electrons. The topological polar surface area (TPSA) is 73.8 Å². The van der Waals surface area contributed by atoms with Gasteiger partial charge in [0.05, 0.1) is 5.39 Å². The van der Waals surface area contributed by atoms with Crippen molar-refractivity contribution in [3.63, 3.8) is 0 Å². The summed E-state index contributed by atoms with van der Waals surface area (Å²) in [5.41, 5.74) is 1.74. The maximum Gasteiger partial charge on any atom is 0.296 e. The fourth-order valence-electron chi connectivity index (χ4n) is 2.51. The van der Waals surface area contributed by atoms with Crippen molar-refractivity contribution < 1.29 is 4.52 Å². The first kappa shape index (κ1) is 12.3. The molecule has 0 N–H and O–H groups in total. The molecule has 0 spiro atoms. The number of fused-ring (bicyclic) bond motifs is 1. The van der Waals surface area contributed by atoms with Crippen LogP contribution >= 0.6 is 0 Å². The van der Waals surface area contributed by atoms with Gasteiger partial charge in [-0.15, -0.1) is 0 Å². The van der Waals surface area contributed by atoms with Gasteiger partial charge in [-0.05, 0) is 37.8 Å². The number of hydrogen-bond acceptors (Lipinski definition) is 5. The molecule has 1 fully saturated rings. The average Bonchev–Trinajstić information content (AvgIpc) is 3.24. The maximum atomic E-state index is 12.5. The van der Waals surface area contributed by atoms with Crippen LogP contribution in [0.3, 0.4) is 0 Å². The Morgan fingerprint density at radius 3 is 3.00 bits per heavy atom. The molecular formula is C15H14N4O2. The standard InChI is InChI=1S/C15H14N4O2/c1-9-12-13(11-3-2-6-16-7-11)17-19(8-10-4-5-10)15(20)14(12)18-21-9/h2-3,6-7,10H,4-5,8H2,1H3. The molecule has 21 heavy (non-hydrogen) atoms. The van der Waals surface area contributed by atoms with Crippen molar-refractivity contribution in [2.75, 3.05) is 0 Å². The minimum atomic E-state index is -0.179. The molecule has 0 saturated heterocycles. The highest BCUT2D eigenvalue weighted by Crippen LogP contribution is 2.31. The van der Waals surface area contributed by atoms with E-state index in [9.17, 15) is 4.79 Å². The first-order valence-electron chi connectivity index (χ1n) is 7.01. The van der Waals surface area contributed by atoms with E-state index in [-0.39, 0.29) is 5.56 Å². The van der Waals surface area contributed by atoms with Crippen molar-refractivity contribution in [2.24, 2.45) is 5.92 Å². The Morgan fingerprint density at radius 1 is 1.43 bits per heavy atom. The third-order valence-electron chi connectivity index (χ3n) is 3.82. The molecule has 1 aliphatic carbocycles. The Balaban J connectivity index is 2.01. The number of nitrogens with zero attached hydrogens (tertiary/aromatic N) is 4. The highest BCUT2D eigenvalue weighted by atomic mass is 16.5. The molecule has 3 aromatic rings. The molecule has 6 heteroatoms. The minimum absolute atomic E-state index is 0.179. The van der Waals surface area contributed by atoms with Crippen molar-refractivity contribution in [3.8, 4) is 11.3 Å². The smallest absolute Gasteiger partial charge is 0.296 e. The molecule has 0 unspecified atom stereocenters. The van der Waals surface area contributed by atoms with Gasteiger partial charge in [-0.3, -0.25) is 9.78 Å². The number of pyridine rings is 1. The average molecular weight is 282 g/mol. The van der Waals surface area contributed by atoms with Crippen molar-refractivity contribution in [3.05, 3.63) is 40.6 Å². The second-order valence-corrected chi connectivity index (χ2v) is 5.48. The number of aryl methyl sites for hydroxylation is 1.